The van der Waals surface area contributed by atoms with E-state index in [1.54, 1.807) is 45.9 Å². The predicted octanol–water partition coefficient (Wildman–Crippen LogP) is 6.09. The van der Waals surface area contributed by atoms with Gasteiger partial charge in [0.2, 0.25) is 5.89 Å². The van der Waals surface area contributed by atoms with Gasteiger partial charge in [0, 0.05) is 5.56 Å². The molecule has 1 aromatic carbocycles. The molecule has 256 valence electrons. The molecule has 0 spiro atoms. The van der Waals surface area contributed by atoms with Crippen LogP contribution in [0.2, 0.25) is 0 Å². The molecule has 1 aliphatic carbocycles. The van der Waals surface area contributed by atoms with Crippen LogP contribution in [-0.2, 0) is 31.1 Å². The Bertz CT molecular complexity index is 1950. The lowest BCUT2D eigenvalue weighted by Gasteiger charge is -2.32. The van der Waals surface area contributed by atoms with Crippen LogP contribution >= 0.6 is 11.3 Å². The second-order valence-corrected chi connectivity index (χ2v) is 14.7. The molecule has 0 unspecified atom stereocenters. The Hall–Kier alpha value is -3.88. The average molecular weight is 686 g/mol. The lowest BCUT2D eigenvalue weighted by molar-refractivity contribution is -0.161. The number of hydrogen-bond donors (Lipinski definition) is 0. The summed E-state index contributed by atoms with van der Waals surface area (Å²) in [5, 5.41) is 0.225. The molecule has 0 radical (unpaired) electrons. The third kappa shape index (κ3) is 5.98. The van der Waals surface area contributed by atoms with Crippen molar-refractivity contribution in [1.29, 1.82) is 0 Å². The Morgan fingerprint density at radius 2 is 1.85 bits per heavy atom. The molecule has 0 N–H and O–H groups in total. The second kappa shape index (κ2) is 12.2. The van der Waals surface area contributed by atoms with Crippen molar-refractivity contribution in [2.45, 2.75) is 115 Å². The van der Waals surface area contributed by atoms with E-state index in [1.807, 2.05) is 0 Å². The van der Waals surface area contributed by atoms with Crippen molar-refractivity contribution >= 4 is 27.5 Å². The minimum Gasteiger partial charge on any atom is -0.458 e. The number of aromatic nitrogens is 3. The second-order valence-electron chi connectivity index (χ2n) is 13.7. The number of nitrogens with zero attached hydrogens (tertiary/aromatic N) is 3. The van der Waals surface area contributed by atoms with Gasteiger partial charge in [-0.15, -0.1) is 11.3 Å². The SMILES string of the molecule is Cc1c(-c2ncco2)sc2c1c(=O)n(C1(C(=O)OC(C)(C)C)CC1)c(=O)n2C[C@H](OC1C[C@H]2CC[C@H](C1)O2)c1ccccc1OC(F)F. The fraction of sp³-hybridized carbons (Fsp3) is 0.529. The van der Waals surface area contributed by atoms with E-state index in [4.69, 9.17) is 23.4 Å². The number of benzene rings is 1. The summed E-state index contributed by atoms with van der Waals surface area (Å²) in [7, 11) is 0. The van der Waals surface area contributed by atoms with Gasteiger partial charge in [-0.1, -0.05) is 18.2 Å². The van der Waals surface area contributed by atoms with Crippen molar-refractivity contribution in [3.63, 3.8) is 0 Å². The molecular formula is C34H37F2N3O8S. The number of rotatable bonds is 10. The van der Waals surface area contributed by atoms with Gasteiger partial charge in [-0.25, -0.2) is 19.1 Å². The quantitative estimate of drug-likeness (QED) is 0.183. The van der Waals surface area contributed by atoms with Crippen LogP contribution in [0.15, 0.2) is 50.7 Å². The van der Waals surface area contributed by atoms with Gasteiger partial charge >= 0.3 is 18.3 Å². The van der Waals surface area contributed by atoms with Gasteiger partial charge in [0.25, 0.3) is 5.56 Å². The maximum Gasteiger partial charge on any atom is 0.387 e. The smallest absolute Gasteiger partial charge is 0.387 e. The van der Waals surface area contributed by atoms with E-state index >= 15 is 0 Å². The fourth-order valence-corrected chi connectivity index (χ4v) is 8.16. The number of thiophene rings is 1. The van der Waals surface area contributed by atoms with E-state index in [2.05, 4.69) is 4.98 Å². The Kier molecular flexibility index (Phi) is 8.31. The molecule has 3 atom stereocenters. The lowest BCUT2D eigenvalue weighted by Crippen LogP contribution is -2.50. The van der Waals surface area contributed by atoms with Gasteiger partial charge in [-0.3, -0.25) is 9.36 Å². The number of carbonyl (C=O) groups is 1. The van der Waals surface area contributed by atoms with E-state index in [0.29, 0.717) is 33.7 Å². The molecule has 2 aliphatic heterocycles. The number of ether oxygens (including phenoxy) is 4. The molecular weight excluding hydrogens is 648 g/mol. The number of aryl methyl sites for hydroxylation is 1. The normalized spacial score (nSPS) is 22.3. The van der Waals surface area contributed by atoms with Crippen LogP contribution in [-0.4, -0.2) is 50.6 Å². The Labute approximate surface area is 278 Å². The largest absolute Gasteiger partial charge is 0.458 e. The highest BCUT2D eigenvalue weighted by atomic mass is 32.1. The molecule has 0 amide bonds. The van der Waals surface area contributed by atoms with E-state index in [-0.39, 0.29) is 54.7 Å². The molecule has 1 saturated carbocycles. The highest BCUT2D eigenvalue weighted by Gasteiger charge is 2.56. The van der Waals surface area contributed by atoms with Crippen LogP contribution < -0.4 is 16.0 Å². The molecule has 7 rings (SSSR count). The van der Waals surface area contributed by atoms with Gasteiger partial charge in [0.1, 0.15) is 28.5 Å². The van der Waals surface area contributed by atoms with Crippen molar-refractivity contribution in [3.8, 4) is 16.5 Å². The van der Waals surface area contributed by atoms with Crippen molar-refractivity contribution in [3.05, 3.63) is 68.7 Å². The Morgan fingerprint density at radius 3 is 2.48 bits per heavy atom. The number of hydrogen-bond acceptors (Lipinski definition) is 10. The van der Waals surface area contributed by atoms with Crippen molar-refractivity contribution < 1.29 is 36.9 Å². The van der Waals surface area contributed by atoms with Crippen LogP contribution in [0.1, 0.15) is 76.5 Å². The van der Waals surface area contributed by atoms with E-state index < -0.39 is 41.1 Å². The fourth-order valence-electron chi connectivity index (χ4n) is 6.92. The Balaban J connectivity index is 1.41. The summed E-state index contributed by atoms with van der Waals surface area (Å²) >= 11 is 1.15. The summed E-state index contributed by atoms with van der Waals surface area (Å²) in [6.07, 6.45) is 5.28. The van der Waals surface area contributed by atoms with Gasteiger partial charge in [0.05, 0.1) is 41.3 Å². The third-order valence-corrected chi connectivity index (χ3v) is 10.5. The molecule has 2 saturated heterocycles. The summed E-state index contributed by atoms with van der Waals surface area (Å²) in [4.78, 5) is 47.7. The summed E-state index contributed by atoms with van der Waals surface area (Å²) in [5.41, 5.74) is -2.84. The number of alkyl halides is 2. The first-order chi connectivity index (χ1) is 22.8. The maximum atomic E-state index is 14.7. The number of para-hydroxylation sites is 1. The Morgan fingerprint density at radius 1 is 1.15 bits per heavy atom. The highest BCUT2D eigenvalue weighted by Crippen LogP contribution is 2.45. The number of halogens is 2. The standard InChI is InChI=1S/C34H37F2N3O8S/c1-18-25-28(40)39(34(11-12-34)30(41)47-33(2,3)4)32(42)38(29(25)48-26(18)27-37-13-14-43-27)17-24(22-7-5-6-8-23(22)46-31(35)36)45-21-15-19-9-10-20(16-21)44-19/h5-8,13-14,19-21,24,31H,9-12,15-17H2,1-4H3/t19-,20-,24+/m1/s1. The predicted molar refractivity (Wildman–Crippen MR) is 171 cm³/mol. The first-order valence-electron chi connectivity index (χ1n) is 16.1. The summed E-state index contributed by atoms with van der Waals surface area (Å²) in [6, 6.07) is 6.34. The topological polar surface area (TPSA) is 124 Å². The molecule has 3 aromatic heterocycles. The molecule has 11 nitrogen and oxygen atoms in total. The molecule has 5 heterocycles. The van der Waals surface area contributed by atoms with E-state index in [1.165, 1.54) is 23.1 Å². The molecule has 48 heavy (non-hydrogen) atoms. The first-order valence-corrected chi connectivity index (χ1v) is 16.9. The minimum absolute atomic E-state index is 0.0325. The van der Waals surface area contributed by atoms with E-state index in [9.17, 15) is 23.2 Å². The third-order valence-electron chi connectivity index (χ3n) is 9.20. The van der Waals surface area contributed by atoms with Crippen LogP contribution in [0.5, 0.6) is 5.75 Å². The number of esters is 1. The summed E-state index contributed by atoms with van der Waals surface area (Å²) in [5.74, 6) is -0.476. The van der Waals surface area contributed by atoms with Crippen molar-refractivity contribution in [1.82, 2.24) is 14.1 Å². The summed E-state index contributed by atoms with van der Waals surface area (Å²) in [6.45, 7) is 3.65. The monoisotopic (exact) mass is 685 g/mol. The van der Waals surface area contributed by atoms with Gasteiger partial charge < -0.3 is 23.4 Å². The number of carbonyl (C=O) groups excluding carboxylic acids is 1. The van der Waals surface area contributed by atoms with Crippen LogP contribution in [0.3, 0.4) is 0 Å². The van der Waals surface area contributed by atoms with Crippen LogP contribution in [0.4, 0.5) is 8.78 Å². The molecule has 14 heteroatoms. The van der Waals surface area contributed by atoms with Gasteiger partial charge in [-0.05, 0) is 77.8 Å². The first kappa shape index (κ1) is 32.7. The van der Waals surface area contributed by atoms with Crippen LogP contribution in [0, 0.1) is 6.92 Å². The highest BCUT2D eigenvalue weighted by molar-refractivity contribution is 7.22. The molecule has 3 fully saturated rings. The van der Waals surface area contributed by atoms with Crippen molar-refractivity contribution in [2.24, 2.45) is 0 Å². The number of fused-ring (bicyclic) bond motifs is 3. The molecule has 4 aromatic rings. The minimum atomic E-state index is -3.09. The summed E-state index contributed by atoms with van der Waals surface area (Å²) < 4.78 is 58.6. The van der Waals surface area contributed by atoms with Crippen molar-refractivity contribution in [2.75, 3.05) is 0 Å². The zero-order valence-electron chi connectivity index (χ0n) is 27.1. The average Bonchev–Trinajstić information content (AvgIpc) is 3.30. The van der Waals surface area contributed by atoms with Crippen LogP contribution in [0.25, 0.3) is 21.0 Å². The van der Waals surface area contributed by atoms with Gasteiger partial charge in [-0.2, -0.15) is 8.78 Å². The number of oxazole rings is 1. The molecule has 3 aliphatic rings. The van der Waals surface area contributed by atoms with Gasteiger partial charge in [0.15, 0.2) is 5.54 Å². The zero-order chi connectivity index (χ0) is 34.0. The lowest BCUT2D eigenvalue weighted by atomic mass is 10.0. The van der Waals surface area contributed by atoms with E-state index in [0.717, 1.165) is 28.7 Å². The zero-order valence-corrected chi connectivity index (χ0v) is 27.9. The molecule has 2 bridgehead atoms. The maximum absolute atomic E-state index is 14.7.